The first kappa shape index (κ1) is 19.2. The van der Waals surface area contributed by atoms with E-state index in [1.807, 2.05) is 31.2 Å². The van der Waals surface area contributed by atoms with Crippen LogP contribution < -0.4 is 10.2 Å². The van der Waals surface area contributed by atoms with Crippen LogP contribution in [0.5, 0.6) is 0 Å². The van der Waals surface area contributed by atoms with Crippen LogP contribution in [0.1, 0.15) is 46.4 Å². The average Bonchev–Trinajstić information content (AvgIpc) is 2.75. The lowest BCUT2D eigenvalue weighted by molar-refractivity contribution is 0.0940. The summed E-state index contributed by atoms with van der Waals surface area (Å²) in [6.45, 7) is 3.78. The van der Waals surface area contributed by atoms with Gasteiger partial charge in [0.25, 0.3) is 5.91 Å². The van der Waals surface area contributed by atoms with Crippen LogP contribution in [0.15, 0.2) is 72.8 Å². The third kappa shape index (κ3) is 4.48. The molecular formula is C25H25FN2O. The summed E-state index contributed by atoms with van der Waals surface area (Å²) < 4.78 is 13.1. The number of anilines is 1. The normalized spacial score (nSPS) is 14.2. The fraction of sp³-hybridized carbons (Fsp3) is 0.240. The largest absolute Gasteiger partial charge is 0.367 e. The van der Waals surface area contributed by atoms with Crippen LogP contribution in [0.2, 0.25) is 0 Å². The van der Waals surface area contributed by atoms with Crippen molar-refractivity contribution in [2.75, 3.05) is 11.4 Å². The molecule has 0 spiro atoms. The number of para-hydroxylation sites is 1. The fourth-order valence-electron chi connectivity index (χ4n) is 3.87. The highest BCUT2D eigenvalue weighted by molar-refractivity contribution is 5.94. The minimum absolute atomic E-state index is 0.128. The van der Waals surface area contributed by atoms with Gasteiger partial charge < -0.3 is 10.2 Å². The van der Waals surface area contributed by atoms with Crippen LogP contribution in [0.4, 0.5) is 10.1 Å². The molecule has 0 bridgehead atoms. The first-order valence-electron chi connectivity index (χ1n) is 10.1. The van der Waals surface area contributed by atoms with E-state index < -0.39 is 0 Å². The Morgan fingerprint density at radius 2 is 1.76 bits per heavy atom. The molecule has 1 atom stereocenters. The van der Waals surface area contributed by atoms with E-state index in [4.69, 9.17) is 0 Å². The molecular weight excluding hydrogens is 363 g/mol. The number of fused-ring (bicyclic) bond motifs is 1. The summed E-state index contributed by atoms with van der Waals surface area (Å²) in [4.78, 5) is 15.0. The zero-order valence-corrected chi connectivity index (χ0v) is 16.6. The number of rotatable bonds is 5. The van der Waals surface area contributed by atoms with Gasteiger partial charge in [-0.05, 0) is 66.8 Å². The van der Waals surface area contributed by atoms with Gasteiger partial charge in [0.05, 0.1) is 6.04 Å². The highest BCUT2D eigenvalue weighted by Gasteiger charge is 2.17. The molecule has 0 aromatic heterocycles. The van der Waals surface area contributed by atoms with E-state index in [-0.39, 0.29) is 17.8 Å². The Labute approximate surface area is 171 Å². The van der Waals surface area contributed by atoms with E-state index in [0.29, 0.717) is 5.56 Å². The number of carbonyl (C=O) groups is 1. The Bertz CT molecular complexity index is 982. The van der Waals surface area contributed by atoms with E-state index in [2.05, 4.69) is 34.5 Å². The number of amides is 1. The number of nitrogens with zero attached hydrogens (tertiary/aromatic N) is 1. The second kappa shape index (κ2) is 8.48. The van der Waals surface area contributed by atoms with E-state index in [1.165, 1.54) is 35.4 Å². The summed E-state index contributed by atoms with van der Waals surface area (Å²) in [5.41, 5.74) is 5.41. The lowest BCUT2D eigenvalue weighted by atomic mass is 10.0. The standard InChI is InChI=1S/C25H25FN2O/c1-18(20-12-14-23(26)15-13-20)27-25(29)22-10-8-19(9-11-22)17-28-16-4-6-21-5-2-3-7-24(21)28/h2-3,5,7-15,18H,4,6,16-17H2,1H3,(H,27,29)/t18-/m0/s1. The van der Waals surface area contributed by atoms with E-state index in [0.717, 1.165) is 25.1 Å². The monoisotopic (exact) mass is 388 g/mol. The van der Waals surface area contributed by atoms with Crippen molar-refractivity contribution in [1.82, 2.24) is 5.32 Å². The van der Waals surface area contributed by atoms with Crippen LogP contribution in [0.3, 0.4) is 0 Å². The second-order valence-electron chi connectivity index (χ2n) is 7.60. The first-order chi connectivity index (χ1) is 14.1. The van der Waals surface area contributed by atoms with Crippen molar-refractivity contribution in [2.24, 2.45) is 0 Å². The van der Waals surface area contributed by atoms with Gasteiger partial charge >= 0.3 is 0 Å². The van der Waals surface area contributed by atoms with Crippen molar-refractivity contribution in [1.29, 1.82) is 0 Å². The molecule has 148 valence electrons. The molecule has 4 rings (SSSR count). The van der Waals surface area contributed by atoms with Gasteiger partial charge in [0.15, 0.2) is 0 Å². The molecule has 0 fully saturated rings. The Balaban J connectivity index is 1.40. The predicted octanol–water partition coefficient (Wildman–Crippen LogP) is 5.27. The smallest absolute Gasteiger partial charge is 0.251 e. The summed E-state index contributed by atoms with van der Waals surface area (Å²) in [5, 5.41) is 2.97. The number of carbonyl (C=O) groups excluding carboxylic acids is 1. The van der Waals surface area contributed by atoms with Gasteiger partial charge in [-0.2, -0.15) is 0 Å². The number of benzene rings is 3. The number of halogens is 1. The van der Waals surface area contributed by atoms with Crippen LogP contribution in [0.25, 0.3) is 0 Å². The molecule has 1 amide bonds. The maximum atomic E-state index is 13.1. The number of aryl methyl sites for hydroxylation is 1. The third-order valence-corrected chi connectivity index (χ3v) is 5.51. The lowest BCUT2D eigenvalue weighted by Gasteiger charge is -2.31. The molecule has 0 unspecified atom stereocenters. The molecule has 4 heteroatoms. The molecule has 29 heavy (non-hydrogen) atoms. The highest BCUT2D eigenvalue weighted by atomic mass is 19.1. The average molecular weight is 388 g/mol. The molecule has 0 aliphatic carbocycles. The maximum absolute atomic E-state index is 13.1. The van der Waals surface area contributed by atoms with Crippen LogP contribution in [-0.4, -0.2) is 12.5 Å². The van der Waals surface area contributed by atoms with Crippen LogP contribution in [-0.2, 0) is 13.0 Å². The topological polar surface area (TPSA) is 32.3 Å². The molecule has 0 radical (unpaired) electrons. The highest BCUT2D eigenvalue weighted by Crippen LogP contribution is 2.28. The molecule has 3 aromatic rings. The van der Waals surface area contributed by atoms with Crippen molar-refractivity contribution in [2.45, 2.75) is 32.4 Å². The first-order valence-corrected chi connectivity index (χ1v) is 10.1. The maximum Gasteiger partial charge on any atom is 0.251 e. The van der Waals surface area contributed by atoms with Crippen LogP contribution in [0, 0.1) is 5.82 Å². The van der Waals surface area contributed by atoms with E-state index in [9.17, 15) is 9.18 Å². The predicted molar refractivity (Wildman–Crippen MR) is 115 cm³/mol. The lowest BCUT2D eigenvalue weighted by Crippen LogP contribution is -2.29. The van der Waals surface area contributed by atoms with Crippen molar-refractivity contribution in [3.63, 3.8) is 0 Å². The molecule has 1 aliphatic heterocycles. The number of hydrogen-bond acceptors (Lipinski definition) is 2. The molecule has 3 nitrogen and oxygen atoms in total. The van der Waals surface area contributed by atoms with Gasteiger partial charge in [0.2, 0.25) is 0 Å². The van der Waals surface area contributed by atoms with Gasteiger partial charge in [-0.3, -0.25) is 4.79 Å². The zero-order chi connectivity index (χ0) is 20.2. The molecule has 1 N–H and O–H groups in total. The molecule has 0 saturated carbocycles. The van der Waals surface area contributed by atoms with Gasteiger partial charge in [-0.15, -0.1) is 0 Å². The minimum atomic E-state index is -0.279. The van der Waals surface area contributed by atoms with E-state index >= 15 is 0 Å². The summed E-state index contributed by atoms with van der Waals surface area (Å²) in [7, 11) is 0. The number of hydrogen-bond donors (Lipinski definition) is 1. The molecule has 3 aromatic carbocycles. The summed E-state index contributed by atoms with van der Waals surface area (Å²) in [6.07, 6.45) is 2.30. The van der Waals surface area contributed by atoms with Crippen molar-refractivity contribution >= 4 is 11.6 Å². The molecule has 1 aliphatic rings. The summed E-state index contributed by atoms with van der Waals surface area (Å²) >= 11 is 0. The van der Waals surface area contributed by atoms with Gasteiger partial charge in [-0.1, -0.05) is 42.5 Å². The molecule has 1 heterocycles. The van der Waals surface area contributed by atoms with Crippen LogP contribution >= 0.6 is 0 Å². The Hall–Kier alpha value is -3.14. The van der Waals surface area contributed by atoms with Crippen molar-refractivity contribution < 1.29 is 9.18 Å². The van der Waals surface area contributed by atoms with Crippen molar-refractivity contribution in [3.05, 3.63) is 101 Å². The zero-order valence-electron chi connectivity index (χ0n) is 16.6. The Morgan fingerprint density at radius 1 is 1.03 bits per heavy atom. The fourth-order valence-corrected chi connectivity index (χ4v) is 3.87. The Kier molecular flexibility index (Phi) is 5.61. The van der Waals surface area contributed by atoms with Gasteiger partial charge in [-0.25, -0.2) is 4.39 Å². The van der Waals surface area contributed by atoms with Gasteiger partial charge in [0.1, 0.15) is 5.82 Å². The quantitative estimate of drug-likeness (QED) is 0.646. The van der Waals surface area contributed by atoms with Crippen molar-refractivity contribution in [3.8, 4) is 0 Å². The number of nitrogens with one attached hydrogen (secondary N) is 1. The third-order valence-electron chi connectivity index (χ3n) is 5.51. The second-order valence-corrected chi connectivity index (χ2v) is 7.60. The minimum Gasteiger partial charge on any atom is -0.367 e. The summed E-state index contributed by atoms with van der Waals surface area (Å²) in [5.74, 6) is -0.407. The SMILES string of the molecule is C[C@H](NC(=O)c1ccc(CN2CCCc3ccccc32)cc1)c1ccc(F)cc1. The van der Waals surface area contributed by atoms with Gasteiger partial charge in [0, 0.05) is 24.3 Å². The summed E-state index contributed by atoms with van der Waals surface area (Å²) in [6, 6.07) is 22.4. The Morgan fingerprint density at radius 3 is 2.52 bits per heavy atom. The molecule has 0 saturated heterocycles. The van der Waals surface area contributed by atoms with E-state index in [1.54, 1.807) is 12.1 Å².